The summed E-state index contributed by atoms with van der Waals surface area (Å²) in [6, 6.07) is 44.5. The average molecular weight is 448 g/mol. The van der Waals surface area contributed by atoms with Crippen LogP contribution in [0.3, 0.4) is 0 Å². The molecule has 3 heteroatoms. The van der Waals surface area contributed by atoms with Crippen LogP contribution in [-0.4, -0.2) is 14.8 Å². The SMILES string of the molecule is c1ccc2cc(-c3nc(-c4ccc5ccccc5c4)n(-c4cccc5ccccc45)n3)ccc2c1. The minimum atomic E-state index is 0.715. The second-order valence-corrected chi connectivity index (χ2v) is 8.79. The molecule has 0 aliphatic heterocycles. The van der Waals surface area contributed by atoms with Crippen molar-refractivity contribution in [3.8, 4) is 28.5 Å². The summed E-state index contributed by atoms with van der Waals surface area (Å²) in [6.07, 6.45) is 0. The van der Waals surface area contributed by atoms with Crippen molar-refractivity contribution in [2.24, 2.45) is 0 Å². The number of aromatic nitrogens is 3. The Morgan fingerprint density at radius 3 is 1.77 bits per heavy atom. The summed E-state index contributed by atoms with van der Waals surface area (Å²) < 4.78 is 2.00. The van der Waals surface area contributed by atoms with Gasteiger partial charge in [-0.05, 0) is 45.1 Å². The molecule has 1 heterocycles. The van der Waals surface area contributed by atoms with E-state index in [4.69, 9.17) is 10.1 Å². The van der Waals surface area contributed by atoms with E-state index in [9.17, 15) is 0 Å². The third-order valence-corrected chi connectivity index (χ3v) is 6.62. The quantitative estimate of drug-likeness (QED) is 0.274. The van der Waals surface area contributed by atoms with Gasteiger partial charge in [0.1, 0.15) is 0 Å². The van der Waals surface area contributed by atoms with Crippen LogP contribution in [0.25, 0.3) is 60.8 Å². The van der Waals surface area contributed by atoms with Crippen LogP contribution in [-0.2, 0) is 0 Å². The predicted octanol–water partition coefficient (Wildman–Crippen LogP) is 8.06. The smallest absolute Gasteiger partial charge is 0.182 e. The fourth-order valence-electron chi connectivity index (χ4n) is 4.84. The Labute approximate surface area is 202 Å². The highest BCUT2D eigenvalue weighted by molar-refractivity contribution is 5.92. The van der Waals surface area contributed by atoms with Crippen LogP contribution in [0.5, 0.6) is 0 Å². The number of hydrogen-bond donors (Lipinski definition) is 0. The van der Waals surface area contributed by atoms with Gasteiger partial charge in [-0.3, -0.25) is 0 Å². The molecule has 7 rings (SSSR count). The normalized spacial score (nSPS) is 11.4. The lowest BCUT2D eigenvalue weighted by atomic mass is 10.1. The predicted molar refractivity (Wildman–Crippen MR) is 145 cm³/mol. The molecule has 0 bridgehead atoms. The van der Waals surface area contributed by atoms with E-state index in [2.05, 4.69) is 127 Å². The van der Waals surface area contributed by atoms with Gasteiger partial charge in [0.15, 0.2) is 11.6 Å². The maximum atomic E-state index is 5.10. The van der Waals surface area contributed by atoms with Crippen molar-refractivity contribution in [1.82, 2.24) is 14.8 Å². The van der Waals surface area contributed by atoms with E-state index < -0.39 is 0 Å². The third-order valence-electron chi connectivity index (χ3n) is 6.62. The third kappa shape index (κ3) is 3.37. The molecule has 164 valence electrons. The highest BCUT2D eigenvalue weighted by Gasteiger charge is 2.17. The molecule has 0 fully saturated rings. The van der Waals surface area contributed by atoms with Crippen molar-refractivity contribution in [3.05, 3.63) is 127 Å². The fourth-order valence-corrected chi connectivity index (χ4v) is 4.84. The number of benzene rings is 6. The molecular weight excluding hydrogens is 426 g/mol. The molecule has 0 radical (unpaired) electrons. The van der Waals surface area contributed by atoms with Gasteiger partial charge in [-0.25, -0.2) is 9.67 Å². The summed E-state index contributed by atoms with van der Waals surface area (Å²) in [5.41, 5.74) is 3.06. The zero-order valence-corrected chi connectivity index (χ0v) is 19.0. The lowest BCUT2D eigenvalue weighted by Gasteiger charge is -2.10. The van der Waals surface area contributed by atoms with Gasteiger partial charge in [0.05, 0.1) is 5.69 Å². The van der Waals surface area contributed by atoms with Crippen LogP contribution in [0.4, 0.5) is 0 Å². The summed E-state index contributed by atoms with van der Waals surface area (Å²) in [6.45, 7) is 0. The summed E-state index contributed by atoms with van der Waals surface area (Å²) in [7, 11) is 0. The van der Waals surface area contributed by atoms with E-state index in [1.807, 2.05) is 4.68 Å². The number of hydrogen-bond acceptors (Lipinski definition) is 2. The zero-order valence-electron chi connectivity index (χ0n) is 19.0. The minimum Gasteiger partial charge on any atom is -0.212 e. The first kappa shape index (κ1) is 19.7. The van der Waals surface area contributed by atoms with E-state index in [1.54, 1.807) is 0 Å². The largest absolute Gasteiger partial charge is 0.212 e. The Hall–Kier alpha value is -4.76. The highest BCUT2D eigenvalue weighted by atomic mass is 15.4. The van der Waals surface area contributed by atoms with Crippen molar-refractivity contribution in [2.75, 3.05) is 0 Å². The van der Waals surface area contributed by atoms with Crippen LogP contribution >= 0.6 is 0 Å². The molecule has 0 atom stereocenters. The molecular formula is C32H21N3. The van der Waals surface area contributed by atoms with Gasteiger partial charge in [-0.1, -0.05) is 109 Å². The van der Waals surface area contributed by atoms with Crippen molar-refractivity contribution < 1.29 is 0 Å². The minimum absolute atomic E-state index is 0.715. The van der Waals surface area contributed by atoms with E-state index in [0.717, 1.165) is 28.0 Å². The van der Waals surface area contributed by atoms with Gasteiger partial charge in [0.2, 0.25) is 0 Å². The van der Waals surface area contributed by atoms with E-state index in [0.29, 0.717) is 5.82 Å². The van der Waals surface area contributed by atoms with E-state index >= 15 is 0 Å². The Bertz CT molecular complexity index is 1860. The number of nitrogens with zero attached hydrogens (tertiary/aromatic N) is 3. The second kappa shape index (κ2) is 7.93. The van der Waals surface area contributed by atoms with Crippen LogP contribution in [0.15, 0.2) is 127 Å². The standard InChI is InChI=1S/C32H21N3/c1-3-11-25-20-27(18-16-22(25)8-1)31-33-32(28-19-17-23-9-2-4-12-26(23)21-28)35(34-31)30-15-7-13-24-10-5-6-14-29(24)30/h1-21H. The van der Waals surface area contributed by atoms with Gasteiger partial charge < -0.3 is 0 Å². The van der Waals surface area contributed by atoms with Crippen LogP contribution in [0, 0.1) is 0 Å². The Kier molecular flexibility index (Phi) is 4.46. The highest BCUT2D eigenvalue weighted by Crippen LogP contribution is 2.31. The first-order valence-electron chi connectivity index (χ1n) is 11.8. The lowest BCUT2D eigenvalue weighted by Crippen LogP contribution is -2.00. The fraction of sp³-hybridized carbons (Fsp3) is 0. The molecule has 1 aromatic heterocycles. The molecule has 0 N–H and O–H groups in total. The Morgan fingerprint density at radius 1 is 0.457 bits per heavy atom. The van der Waals surface area contributed by atoms with Gasteiger partial charge in [-0.15, -0.1) is 5.10 Å². The Balaban J connectivity index is 1.49. The molecule has 6 aromatic carbocycles. The van der Waals surface area contributed by atoms with Gasteiger partial charge in [-0.2, -0.15) is 0 Å². The molecule has 0 saturated carbocycles. The van der Waals surface area contributed by atoms with Gasteiger partial charge in [0.25, 0.3) is 0 Å². The Morgan fingerprint density at radius 2 is 1.03 bits per heavy atom. The van der Waals surface area contributed by atoms with Crippen molar-refractivity contribution >= 4 is 32.3 Å². The van der Waals surface area contributed by atoms with E-state index in [-0.39, 0.29) is 0 Å². The molecule has 0 saturated heterocycles. The zero-order chi connectivity index (χ0) is 23.2. The summed E-state index contributed by atoms with van der Waals surface area (Å²) in [5, 5.41) is 12.2. The molecule has 0 spiro atoms. The molecule has 3 nitrogen and oxygen atoms in total. The van der Waals surface area contributed by atoms with E-state index in [1.165, 1.54) is 26.9 Å². The first-order chi connectivity index (χ1) is 17.3. The van der Waals surface area contributed by atoms with Gasteiger partial charge >= 0.3 is 0 Å². The maximum Gasteiger partial charge on any atom is 0.182 e. The maximum absolute atomic E-state index is 5.10. The molecule has 0 unspecified atom stereocenters. The number of fused-ring (bicyclic) bond motifs is 3. The average Bonchev–Trinajstić information content (AvgIpc) is 3.37. The molecule has 7 aromatic rings. The van der Waals surface area contributed by atoms with Crippen molar-refractivity contribution in [1.29, 1.82) is 0 Å². The first-order valence-corrected chi connectivity index (χ1v) is 11.8. The lowest BCUT2D eigenvalue weighted by molar-refractivity contribution is 0.898. The van der Waals surface area contributed by atoms with Crippen molar-refractivity contribution in [2.45, 2.75) is 0 Å². The second-order valence-electron chi connectivity index (χ2n) is 8.79. The molecule has 0 aliphatic carbocycles. The monoisotopic (exact) mass is 447 g/mol. The van der Waals surface area contributed by atoms with Gasteiger partial charge in [0, 0.05) is 16.5 Å². The molecule has 35 heavy (non-hydrogen) atoms. The molecule has 0 aliphatic rings. The van der Waals surface area contributed by atoms with Crippen LogP contribution in [0.1, 0.15) is 0 Å². The topological polar surface area (TPSA) is 30.7 Å². The van der Waals surface area contributed by atoms with Crippen LogP contribution < -0.4 is 0 Å². The van der Waals surface area contributed by atoms with Crippen molar-refractivity contribution in [3.63, 3.8) is 0 Å². The summed E-state index contributed by atoms with van der Waals surface area (Å²) >= 11 is 0. The summed E-state index contributed by atoms with van der Waals surface area (Å²) in [5.74, 6) is 1.54. The summed E-state index contributed by atoms with van der Waals surface area (Å²) in [4.78, 5) is 5.10. The number of rotatable bonds is 3. The van der Waals surface area contributed by atoms with Crippen LogP contribution in [0.2, 0.25) is 0 Å². The molecule has 0 amide bonds.